The van der Waals surface area contributed by atoms with Gasteiger partial charge in [-0.2, -0.15) is 0 Å². The third-order valence-corrected chi connectivity index (χ3v) is 5.04. The predicted octanol–water partition coefficient (Wildman–Crippen LogP) is 3.34. The van der Waals surface area contributed by atoms with Crippen LogP contribution in [0.5, 0.6) is 11.5 Å². The van der Waals surface area contributed by atoms with Crippen LogP contribution in [0.15, 0.2) is 48.7 Å². The maximum absolute atomic E-state index is 14.5. The highest BCUT2D eigenvalue weighted by Gasteiger charge is 2.20. The minimum Gasteiger partial charge on any atom is -0.486 e. The summed E-state index contributed by atoms with van der Waals surface area (Å²) in [5.74, 6) is 0.481. The summed E-state index contributed by atoms with van der Waals surface area (Å²) in [5, 5.41) is 2.99. The first kappa shape index (κ1) is 19.1. The Morgan fingerprint density at radius 2 is 1.93 bits per heavy atom. The number of nitrogens with one attached hydrogen (secondary N) is 1. The normalized spacial score (nSPS) is 13.2. The van der Waals surface area contributed by atoms with Crippen LogP contribution in [0, 0.1) is 5.82 Å². The molecule has 9 heteroatoms. The SMILES string of the molecule is CS(=O)(=O)Cc1cccc(Nc2ncc(F)c(-c3cccc4c3OCCO4)n2)c1. The molecule has 1 N–H and O–H groups in total. The van der Waals surface area contributed by atoms with Gasteiger partial charge >= 0.3 is 0 Å². The van der Waals surface area contributed by atoms with Gasteiger partial charge in [-0.25, -0.2) is 22.8 Å². The van der Waals surface area contributed by atoms with Gasteiger partial charge in [0.25, 0.3) is 0 Å². The maximum Gasteiger partial charge on any atom is 0.227 e. The number of rotatable bonds is 5. The number of hydrogen-bond donors (Lipinski definition) is 1. The van der Waals surface area contributed by atoms with Crippen molar-refractivity contribution >= 4 is 21.5 Å². The zero-order valence-corrected chi connectivity index (χ0v) is 16.4. The van der Waals surface area contributed by atoms with Gasteiger partial charge in [0.2, 0.25) is 5.95 Å². The summed E-state index contributed by atoms with van der Waals surface area (Å²) in [6, 6.07) is 12.1. The lowest BCUT2D eigenvalue weighted by Crippen LogP contribution is -2.16. The zero-order chi connectivity index (χ0) is 20.4. The molecule has 0 fully saturated rings. The van der Waals surface area contributed by atoms with Gasteiger partial charge in [0, 0.05) is 17.5 Å². The highest BCUT2D eigenvalue weighted by molar-refractivity contribution is 7.89. The van der Waals surface area contributed by atoms with E-state index in [0.717, 1.165) is 6.20 Å². The monoisotopic (exact) mass is 415 g/mol. The Balaban J connectivity index is 1.66. The molecule has 1 aliphatic rings. The van der Waals surface area contributed by atoms with Crippen molar-refractivity contribution in [3.63, 3.8) is 0 Å². The van der Waals surface area contributed by atoms with Crippen LogP contribution >= 0.6 is 0 Å². The number of aromatic nitrogens is 2. The van der Waals surface area contributed by atoms with E-state index in [4.69, 9.17) is 9.47 Å². The number of sulfone groups is 1. The van der Waals surface area contributed by atoms with Crippen LogP contribution in [-0.2, 0) is 15.6 Å². The maximum atomic E-state index is 14.5. The van der Waals surface area contributed by atoms with E-state index < -0.39 is 15.7 Å². The molecule has 0 atom stereocenters. The molecule has 2 aromatic carbocycles. The van der Waals surface area contributed by atoms with Gasteiger partial charge in [0.15, 0.2) is 27.2 Å². The van der Waals surface area contributed by atoms with Crippen LogP contribution in [-0.4, -0.2) is 37.9 Å². The van der Waals surface area contributed by atoms with Crippen LogP contribution in [0.4, 0.5) is 16.0 Å². The molecule has 0 saturated carbocycles. The van der Waals surface area contributed by atoms with Crippen LogP contribution in [0.1, 0.15) is 5.56 Å². The molecule has 0 spiro atoms. The van der Waals surface area contributed by atoms with Crippen molar-refractivity contribution in [2.45, 2.75) is 5.75 Å². The number of benzene rings is 2. The number of fused-ring (bicyclic) bond motifs is 1. The average molecular weight is 415 g/mol. The second-order valence-corrected chi connectivity index (χ2v) is 8.76. The van der Waals surface area contributed by atoms with Gasteiger partial charge < -0.3 is 14.8 Å². The highest BCUT2D eigenvalue weighted by atomic mass is 32.2. The standard InChI is InChI=1S/C20H18FN3O4S/c1-29(25,26)12-13-4-2-5-14(10-13)23-20-22-11-16(21)18(24-20)15-6-3-7-17-19(15)28-9-8-27-17/h2-7,10-11H,8-9,12H2,1H3,(H,22,23,24). The smallest absolute Gasteiger partial charge is 0.227 e. The fourth-order valence-electron chi connectivity index (χ4n) is 3.05. The molecule has 1 aromatic heterocycles. The van der Waals surface area contributed by atoms with Gasteiger partial charge in [0.1, 0.15) is 18.9 Å². The summed E-state index contributed by atoms with van der Waals surface area (Å²) in [4.78, 5) is 8.29. The van der Waals surface area contributed by atoms with E-state index in [1.807, 2.05) is 0 Å². The molecule has 0 unspecified atom stereocenters. The van der Waals surface area contributed by atoms with Gasteiger partial charge in [-0.1, -0.05) is 18.2 Å². The first-order valence-corrected chi connectivity index (χ1v) is 10.9. The molecule has 150 valence electrons. The Kier molecular flexibility index (Phi) is 5.06. The van der Waals surface area contributed by atoms with Gasteiger partial charge in [-0.3, -0.25) is 0 Å². The molecule has 0 bridgehead atoms. The molecular weight excluding hydrogens is 397 g/mol. The van der Waals surface area contributed by atoms with Crippen molar-refractivity contribution in [1.82, 2.24) is 9.97 Å². The van der Waals surface area contributed by atoms with Gasteiger partial charge in [-0.05, 0) is 29.8 Å². The second kappa shape index (κ2) is 7.67. The molecule has 29 heavy (non-hydrogen) atoms. The fraction of sp³-hybridized carbons (Fsp3) is 0.200. The molecule has 4 rings (SSSR count). The minimum atomic E-state index is -3.16. The topological polar surface area (TPSA) is 90.4 Å². The van der Waals surface area contributed by atoms with Crippen LogP contribution in [0.2, 0.25) is 0 Å². The third kappa shape index (κ3) is 4.45. The molecule has 0 aliphatic carbocycles. The lowest BCUT2D eigenvalue weighted by molar-refractivity contribution is 0.172. The number of para-hydroxylation sites is 1. The van der Waals surface area contributed by atoms with E-state index in [2.05, 4.69) is 15.3 Å². The molecular formula is C20H18FN3O4S. The molecule has 0 radical (unpaired) electrons. The van der Waals surface area contributed by atoms with Crippen molar-refractivity contribution in [3.8, 4) is 22.8 Å². The van der Waals surface area contributed by atoms with Crippen molar-refractivity contribution in [1.29, 1.82) is 0 Å². The Morgan fingerprint density at radius 3 is 2.76 bits per heavy atom. The summed E-state index contributed by atoms with van der Waals surface area (Å²) in [5.41, 5.74) is 1.77. The summed E-state index contributed by atoms with van der Waals surface area (Å²) in [7, 11) is -3.16. The number of hydrogen-bond acceptors (Lipinski definition) is 7. The Bertz CT molecular complexity index is 1170. The molecule has 3 aromatic rings. The highest BCUT2D eigenvalue weighted by Crippen LogP contribution is 2.40. The Labute approximate surface area is 167 Å². The molecule has 7 nitrogen and oxygen atoms in total. The van der Waals surface area contributed by atoms with Crippen LogP contribution in [0.25, 0.3) is 11.3 Å². The van der Waals surface area contributed by atoms with Crippen LogP contribution in [0.3, 0.4) is 0 Å². The summed E-state index contributed by atoms with van der Waals surface area (Å²) >= 11 is 0. The van der Waals surface area contributed by atoms with Gasteiger partial charge in [-0.15, -0.1) is 0 Å². The lowest BCUT2D eigenvalue weighted by atomic mass is 10.1. The largest absolute Gasteiger partial charge is 0.486 e. The van der Waals surface area contributed by atoms with E-state index in [1.165, 1.54) is 6.26 Å². The summed E-state index contributed by atoms with van der Waals surface area (Å²) in [6.07, 6.45) is 2.25. The first-order chi connectivity index (χ1) is 13.9. The van der Waals surface area contributed by atoms with E-state index in [-0.39, 0.29) is 17.4 Å². The molecule has 0 saturated heterocycles. The Hall–Kier alpha value is -3.20. The quantitative estimate of drug-likeness (QED) is 0.683. The molecule has 2 heterocycles. The number of ether oxygens (including phenoxy) is 2. The van der Waals surface area contributed by atoms with Gasteiger partial charge in [0.05, 0.1) is 11.9 Å². The Morgan fingerprint density at radius 1 is 1.14 bits per heavy atom. The van der Waals surface area contributed by atoms with Crippen molar-refractivity contribution in [3.05, 3.63) is 60.0 Å². The summed E-state index contributed by atoms with van der Waals surface area (Å²) in [6.45, 7) is 0.800. The predicted molar refractivity (Wildman–Crippen MR) is 107 cm³/mol. The number of halogens is 1. The van der Waals surface area contributed by atoms with Crippen molar-refractivity contribution in [2.75, 3.05) is 24.8 Å². The van der Waals surface area contributed by atoms with E-state index in [0.29, 0.717) is 41.5 Å². The lowest BCUT2D eigenvalue weighted by Gasteiger charge is -2.21. The first-order valence-electron chi connectivity index (χ1n) is 8.84. The molecule has 0 amide bonds. The zero-order valence-electron chi connectivity index (χ0n) is 15.6. The minimum absolute atomic E-state index is 0.0778. The van der Waals surface area contributed by atoms with Crippen LogP contribution < -0.4 is 14.8 Å². The second-order valence-electron chi connectivity index (χ2n) is 6.62. The number of nitrogens with zero attached hydrogens (tertiary/aromatic N) is 2. The average Bonchev–Trinajstić information content (AvgIpc) is 2.68. The number of anilines is 2. The van der Waals surface area contributed by atoms with Crippen molar-refractivity contribution < 1.29 is 22.3 Å². The molecule has 1 aliphatic heterocycles. The van der Waals surface area contributed by atoms with E-state index in [9.17, 15) is 12.8 Å². The fourth-order valence-corrected chi connectivity index (χ4v) is 3.83. The third-order valence-electron chi connectivity index (χ3n) is 4.18. The van der Waals surface area contributed by atoms with E-state index >= 15 is 0 Å². The summed E-state index contributed by atoms with van der Waals surface area (Å²) < 4.78 is 48.7. The van der Waals surface area contributed by atoms with E-state index in [1.54, 1.807) is 42.5 Å². The van der Waals surface area contributed by atoms with Crippen molar-refractivity contribution in [2.24, 2.45) is 0 Å².